The molecule has 31 heavy (non-hydrogen) atoms. The summed E-state index contributed by atoms with van der Waals surface area (Å²) in [5, 5.41) is 1.86. The Morgan fingerprint density at radius 3 is 2.68 bits per heavy atom. The standard InChI is InChI=1S/C22H20F3N3O2S/c1-13-18(23)19(24)20(25)21(26-13)22-27-15(12-31-22)16-9-5-6-10-28(16)17(29)11-30-14-7-3-2-4-8-14/h2-4,7-8,12,16H,5-6,9-11H2,1H3/t16-/m1/s1. The van der Waals surface area contributed by atoms with Crippen molar-refractivity contribution in [2.75, 3.05) is 13.2 Å². The van der Waals surface area contributed by atoms with Crippen molar-refractivity contribution >= 4 is 17.2 Å². The van der Waals surface area contributed by atoms with E-state index in [-0.39, 0.29) is 35.0 Å². The Bertz CT molecular complexity index is 1090. The van der Waals surface area contributed by atoms with Crippen molar-refractivity contribution in [3.8, 4) is 16.5 Å². The molecule has 1 aromatic carbocycles. The molecule has 9 heteroatoms. The van der Waals surface area contributed by atoms with Gasteiger partial charge >= 0.3 is 0 Å². The van der Waals surface area contributed by atoms with Gasteiger partial charge in [0, 0.05) is 11.9 Å². The summed E-state index contributed by atoms with van der Waals surface area (Å²) in [6.45, 7) is 1.73. The summed E-state index contributed by atoms with van der Waals surface area (Å²) in [6.07, 6.45) is 2.48. The van der Waals surface area contributed by atoms with Crippen molar-refractivity contribution < 1.29 is 22.7 Å². The molecule has 2 aromatic heterocycles. The molecule has 0 unspecified atom stereocenters. The molecule has 4 rings (SSSR count). The molecule has 162 valence electrons. The number of hydrogen-bond acceptors (Lipinski definition) is 5. The SMILES string of the molecule is Cc1nc(-c2nc([C@H]3CCCCN3C(=O)COc3ccccc3)cs2)c(F)c(F)c1F. The molecule has 0 saturated carbocycles. The maximum absolute atomic E-state index is 14.3. The smallest absolute Gasteiger partial charge is 0.261 e. The van der Waals surface area contributed by atoms with E-state index in [1.54, 1.807) is 22.4 Å². The molecular weight excluding hydrogens is 427 g/mol. The molecule has 3 aromatic rings. The first-order valence-electron chi connectivity index (χ1n) is 9.90. The quantitative estimate of drug-likeness (QED) is 0.549. The van der Waals surface area contributed by atoms with Crippen LogP contribution in [0.15, 0.2) is 35.7 Å². The maximum Gasteiger partial charge on any atom is 0.261 e. The minimum absolute atomic E-state index is 0.101. The number of nitrogens with zero attached hydrogens (tertiary/aromatic N) is 3. The molecular formula is C22H20F3N3O2S. The van der Waals surface area contributed by atoms with Crippen molar-refractivity contribution in [3.05, 3.63) is 64.6 Å². The number of pyridine rings is 1. The Hall–Kier alpha value is -2.94. The van der Waals surface area contributed by atoms with E-state index in [1.807, 2.05) is 18.2 Å². The normalized spacial score (nSPS) is 16.4. The summed E-state index contributed by atoms with van der Waals surface area (Å²) in [7, 11) is 0. The topological polar surface area (TPSA) is 55.3 Å². The summed E-state index contributed by atoms with van der Waals surface area (Å²) in [5.41, 5.74) is 0.0169. The average Bonchev–Trinajstić information content (AvgIpc) is 3.29. The number of benzene rings is 1. The summed E-state index contributed by atoms with van der Waals surface area (Å²) >= 11 is 1.09. The lowest BCUT2D eigenvalue weighted by molar-refractivity contribution is -0.137. The molecule has 1 aliphatic heterocycles. The molecule has 1 fully saturated rings. The van der Waals surface area contributed by atoms with Crippen LogP contribution in [0.25, 0.3) is 10.7 Å². The van der Waals surface area contributed by atoms with Crippen molar-refractivity contribution in [1.82, 2.24) is 14.9 Å². The third-order valence-corrected chi connectivity index (χ3v) is 6.05. The first-order valence-corrected chi connectivity index (χ1v) is 10.8. The van der Waals surface area contributed by atoms with Crippen LogP contribution in [0.3, 0.4) is 0 Å². The van der Waals surface area contributed by atoms with Gasteiger partial charge in [-0.1, -0.05) is 18.2 Å². The van der Waals surface area contributed by atoms with Crippen molar-refractivity contribution in [2.24, 2.45) is 0 Å². The first-order chi connectivity index (χ1) is 15.0. The summed E-state index contributed by atoms with van der Waals surface area (Å²) in [4.78, 5) is 22.8. The van der Waals surface area contributed by atoms with Crippen molar-refractivity contribution in [1.29, 1.82) is 0 Å². The molecule has 0 radical (unpaired) electrons. The molecule has 1 saturated heterocycles. The van der Waals surface area contributed by atoms with Gasteiger partial charge in [0.2, 0.25) is 0 Å². The molecule has 0 N–H and O–H groups in total. The zero-order valence-corrected chi connectivity index (χ0v) is 17.6. The Labute approximate surface area is 181 Å². The fraction of sp³-hybridized carbons (Fsp3) is 0.318. The van der Waals surface area contributed by atoms with E-state index in [0.717, 1.165) is 24.2 Å². The summed E-state index contributed by atoms with van der Waals surface area (Å²) in [5.74, 6) is -3.80. The highest BCUT2D eigenvalue weighted by Gasteiger charge is 2.31. The van der Waals surface area contributed by atoms with E-state index in [9.17, 15) is 18.0 Å². The van der Waals surface area contributed by atoms with Crippen LogP contribution in [0.4, 0.5) is 13.2 Å². The highest BCUT2D eigenvalue weighted by molar-refractivity contribution is 7.13. The van der Waals surface area contributed by atoms with E-state index in [2.05, 4.69) is 9.97 Å². The second kappa shape index (κ2) is 9.05. The highest BCUT2D eigenvalue weighted by Crippen LogP contribution is 2.35. The van der Waals surface area contributed by atoms with Gasteiger partial charge < -0.3 is 9.64 Å². The van der Waals surface area contributed by atoms with Crippen LogP contribution >= 0.6 is 11.3 Å². The largest absolute Gasteiger partial charge is 0.484 e. The highest BCUT2D eigenvalue weighted by atomic mass is 32.1. The minimum Gasteiger partial charge on any atom is -0.484 e. The van der Waals surface area contributed by atoms with Gasteiger partial charge in [-0.25, -0.2) is 23.1 Å². The number of likely N-dealkylation sites (tertiary alicyclic amines) is 1. The molecule has 0 aliphatic carbocycles. The Morgan fingerprint density at radius 1 is 1.13 bits per heavy atom. The zero-order chi connectivity index (χ0) is 22.0. The Balaban J connectivity index is 1.54. The number of hydrogen-bond donors (Lipinski definition) is 0. The number of amides is 1. The van der Waals surface area contributed by atoms with Gasteiger partial charge in [-0.15, -0.1) is 11.3 Å². The fourth-order valence-corrected chi connectivity index (χ4v) is 4.44. The van der Waals surface area contributed by atoms with Gasteiger partial charge in [-0.3, -0.25) is 4.79 Å². The van der Waals surface area contributed by atoms with Gasteiger partial charge in [-0.05, 0) is 38.3 Å². The number of carbonyl (C=O) groups excluding carboxylic acids is 1. The second-order valence-corrected chi connectivity index (χ2v) is 8.12. The third kappa shape index (κ3) is 4.41. The molecule has 1 amide bonds. The van der Waals surface area contributed by atoms with Crippen LogP contribution in [0.2, 0.25) is 0 Å². The van der Waals surface area contributed by atoms with Crippen LogP contribution in [0.1, 0.15) is 36.7 Å². The Kier molecular flexibility index (Phi) is 6.22. The summed E-state index contributed by atoms with van der Waals surface area (Å²) in [6, 6.07) is 8.78. The summed E-state index contributed by atoms with van der Waals surface area (Å²) < 4.78 is 47.2. The van der Waals surface area contributed by atoms with Gasteiger partial charge in [0.1, 0.15) is 16.5 Å². The predicted molar refractivity (Wildman–Crippen MR) is 110 cm³/mol. The first kappa shape index (κ1) is 21.3. The number of thiazole rings is 1. The van der Waals surface area contributed by atoms with Gasteiger partial charge in [0.15, 0.2) is 24.1 Å². The number of halogens is 3. The van der Waals surface area contributed by atoms with E-state index in [4.69, 9.17) is 4.74 Å². The maximum atomic E-state index is 14.3. The minimum atomic E-state index is -1.56. The lowest BCUT2D eigenvalue weighted by Crippen LogP contribution is -2.41. The number of piperidine rings is 1. The van der Waals surface area contributed by atoms with Crippen molar-refractivity contribution in [3.63, 3.8) is 0 Å². The van der Waals surface area contributed by atoms with E-state index in [1.165, 1.54) is 6.92 Å². The molecule has 5 nitrogen and oxygen atoms in total. The zero-order valence-electron chi connectivity index (χ0n) is 16.8. The molecule has 0 bridgehead atoms. The third-order valence-electron chi connectivity index (χ3n) is 5.19. The number of rotatable bonds is 5. The van der Waals surface area contributed by atoms with E-state index in [0.29, 0.717) is 24.4 Å². The lowest BCUT2D eigenvalue weighted by Gasteiger charge is -2.34. The predicted octanol–water partition coefficient (Wildman–Crippen LogP) is 5.06. The number of aryl methyl sites for hydroxylation is 1. The van der Waals surface area contributed by atoms with Crippen molar-refractivity contribution in [2.45, 2.75) is 32.2 Å². The van der Waals surface area contributed by atoms with Crippen LogP contribution in [-0.4, -0.2) is 33.9 Å². The second-order valence-electron chi connectivity index (χ2n) is 7.27. The van der Waals surface area contributed by atoms with Gasteiger partial charge in [0.25, 0.3) is 5.91 Å². The average molecular weight is 447 g/mol. The lowest BCUT2D eigenvalue weighted by atomic mass is 10.00. The molecule has 1 atom stereocenters. The van der Waals surface area contributed by atoms with Crippen LogP contribution in [0, 0.1) is 24.4 Å². The number of para-hydroxylation sites is 1. The molecule has 3 heterocycles. The number of carbonyl (C=O) groups is 1. The van der Waals surface area contributed by atoms with Crippen LogP contribution in [-0.2, 0) is 4.79 Å². The molecule has 0 spiro atoms. The molecule has 1 aliphatic rings. The fourth-order valence-electron chi connectivity index (χ4n) is 3.60. The number of ether oxygens (including phenoxy) is 1. The Morgan fingerprint density at radius 2 is 1.90 bits per heavy atom. The van der Waals surface area contributed by atoms with Crippen LogP contribution < -0.4 is 4.74 Å². The monoisotopic (exact) mass is 447 g/mol. The van der Waals surface area contributed by atoms with Gasteiger partial charge in [0.05, 0.1) is 17.4 Å². The van der Waals surface area contributed by atoms with Gasteiger partial charge in [-0.2, -0.15) is 0 Å². The number of aromatic nitrogens is 2. The van der Waals surface area contributed by atoms with E-state index < -0.39 is 17.5 Å². The van der Waals surface area contributed by atoms with E-state index >= 15 is 0 Å². The van der Waals surface area contributed by atoms with Crippen LogP contribution in [0.5, 0.6) is 5.75 Å².